The molecule has 2 aromatic heterocycles. The number of aromatic nitrogens is 4. The summed E-state index contributed by atoms with van der Waals surface area (Å²) >= 11 is 0. The van der Waals surface area contributed by atoms with Crippen molar-refractivity contribution in [1.29, 1.82) is 0 Å². The highest BCUT2D eigenvalue weighted by atomic mass is 16.5. The quantitative estimate of drug-likeness (QED) is 0.459. The highest BCUT2D eigenvalue weighted by Crippen LogP contribution is 2.28. The number of imidazole rings is 1. The van der Waals surface area contributed by atoms with E-state index >= 15 is 0 Å². The molecule has 3 aromatic carbocycles. The lowest BCUT2D eigenvalue weighted by molar-refractivity contribution is 0.483. The van der Waals surface area contributed by atoms with Gasteiger partial charge in [0.15, 0.2) is 0 Å². The molecule has 2 heterocycles. The van der Waals surface area contributed by atoms with E-state index in [0.29, 0.717) is 0 Å². The van der Waals surface area contributed by atoms with Gasteiger partial charge < -0.3 is 9.72 Å². The molecule has 134 valence electrons. The van der Waals surface area contributed by atoms with Crippen LogP contribution in [0.4, 0.5) is 0 Å². The van der Waals surface area contributed by atoms with Crippen molar-refractivity contribution in [3.63, 3.8) is 0 Å². The molecule has 1 N–H and O–H groups in total. The molecule has 0 spiro atoms. The topological polar surface area (TPSA) is 63.7 Å². The van der Waals surface area contributed by atoms with E-state index in [4.69, 9.17) is 4.74 Å². The van der Waals surface area contributed by atoms with E-state index < -0.39 is 0 Å². The zero-order valence-electron chi connectivity index (χ0n) is 14.9. The van der Waals surface area contributed by atoms with Crippen molar-refractivity contribution >= 4 is 11.0 Å². The van der Waals surface area contributed by atoms with Gasteiger partial charge in [-0.15, -0.1) is 0 Å². The Morgan fingerprint density at radius 3 is 2.43 bits per heavy atom. The predicted octanol–water partition coefficient (Wildman–Crippen LogP) is 5.48. The van der Waals surface area contributed by atoms with Gasteiger partial charge in [-0.25, -0.2) is 4.98 Å². The molecule has 0 radical (unpaired) electrons. The standard InChI is InChI=1S/C23H16N4O/c1-2-8-22-21(7-1)25-23(26-22)17-5-3-6-19(15-17)28-18-12-10-16(11-13-18)20-9-4-14-24-27-20/h1-15H,(H,25,26). The number of benzene rings is 3. The van der Waals surface area contributed by atoms with Gasteiger partial charge in [0, 0.05) is 17.3 Å². The zero-order valence-corrected chi connectivity index (χ0v) is 14.9. The highest BCUT2D eigenvalue weighted by molar-refractivity contribution is 5.79. The van der Waals surface area contributed by atoms with Crippen LogP contribution in [0, 0.1) is 0 Å². The fraction of sp³-hybridized carbons (Fsp3) is 0. The molecule has 0 bridgehead atoms. The largest absolute Gasteiger partial charge is 0.457 e. The van der Waals surface area contributed by atoms with Crippen molar-refractivity contribution in [1.82, 2.24) is 20.2 Å². The number of hydrogen-bond acceptors (Lipinski definition) is 4. The van der Waals surface area contributed by atoms with E-state index in [1.54, 1.807) is 6.20 Å². The maximum absolute atomic E-state index is 6.03. The molecule has 0 fully saturated rings. The highest BCUT2D eigenvalue weighted by Gasteiger charge is 2.07. The molecule has 5 rings (SSSR count). The van der Waals surface area contributed by atoms with Gasteiger partial charge in [-0.1, -0.05) is 24.3 Å². The van der Waals surface area contributed by atoms with E-state index in [1.165, 1.54) is 0 Å². The Morgan fingerprint density at radius 2 is 1.61 bits per heavy atom. The SMILES string of the molecule is c1cc(Oc2ccc(-c3cccnn3)cc2)cc(-c2nc3ccccc3[nH]2)c1. The van der Waals surface area contributed by atoms with Gasteiger partial charge in [0.25, 0.3) is 0 Å². The van der Waals surface area contributed by atoms with Crippen molar-refractivity contribution in [2.24, 2.45) is 0 Å². The third-order valence-corrected chi connectivity index (χ3v) is 4.45. The summed E-state index contributed by atoms with van der Waals surface area (Å²) in [5.41, 5.74) is 4.77. The minimum Gasteiger partial charge on any atom is -0.457 e. The maximum atomic E-state index is 6.03. The Balaban J connectivity index is 1.39. The first-order chi connectivity index (χ1) is 13.8. The molecule has 5 heteroatoms. The van der Waals surface area contributed by atoms with Crippen molar-refractivity contribution in [2.75, 3.05) is 0 Å². The number of rotatable bonds is 4. The lowest BCUT2D eigenvalue weighted by Gasteiger charge is -2.08. The van der Waals surface area contributed by atoms with Crippen molar-refractivity contribution < 1.29 is 4.74 Å². The van der Waals surface area contributed by atoms with Crippen LogP contribution in [-0.4, -0.2) is 20.2 Å². The third kappa shape index (κ3) is 3.21. The van der Waals surface area contributed by atoms with Crippen LogP contribution in [0.1, 0.15) is 0 Å². The smallest absolute Gasteiger partial charge is 0.138 e. The molecule has 0 aliphatic heterocycles. The molecule has 0 amide bonds. The van der Waals surface area contributed by atoms with E-state index in [-0.39, 0.29) is 0 Å². The van der Waals surface area contributed by atoms with Gasteiger partial charge in [0.05, 0.1) is 16.7 Å². The molecule has 0 unspecified atom stereocenters. The zero-order chi connectivity index (χ0) is 18.8. The molecule has 5 aromatic rings. The summed E-state index contributed by atoms with van der Waals surface area (Å²) in [7, 11) is 0. The number of hydrogen-bond donors (Lipinski definition) is 1. The van der Waals surface area contributed by atoms with Gasteiger partial charge in [-0.05, 0) is 60.7 Å². The second-order valence-corrected chi connectivity index (χ2v) is 6.37. The second-order valence-electron chi connectivity index (χ2n) is 6.37. The van der Waals surface area contributed by atoms with Crippen LogP contribution in [0.25, 0.3) is 33.7 Å². The summed E-state index contributed by atoms with van der Waals surface area (Å²) < 4.78 is 6.03. The molecule has 5 nitrogen and oxygen atoms in total. The van der Waals surface area contributed by atoms with E-state index in [9.17, 15) is 0 Å². The van der Waals surface area contributed by atoms with Gasteiger partial charge in [-0.3, -0.25) is 0 Å². The van der Waals surface area contributed by atoms with Gasteiger partial charge in [0.1, 0.15) is 17.3 Å². The van der Waals surface area contributed by atoms with Crippen LogP contribution < -0.4 is 4.74 Å². The second kappa shape index (κ2) is 6.96. The number of nitrogens with zero attached hydrogens (tertiary/aromatic N) is 3. The normalized spacial score (nSPS) is 10.9. The van der Waals surface area contributed by atoms with Crippen LogP contribution >= 0.6 is 0 Å². The minimum absolute atomic E-state index is 0.755. The Hall–Kier alpha value is -3.99. The summed E-state index contributed by atoms with van der Waals surface area (Å²) in [6, 6.07) is 27.5. The first-order valence-corrected chi connectivity index (χ1v) is 8.96. The number of ether oxygens (including phenoxy) is 1. The molecule has 0 saturated carbocycles. The average Bonchev–Trinajstić information content (AvgIpc) is 3.20. The summed E-state index contributed by atoms with van der Waals surface area (Å²) in [6.45, 7) is 0. The van der Waals surface area contributed by atoms with Gasteiger partial charge in [-0.2, -0.15) is 10.2 Å². The van der Waals surface area contributed by atoms with Crippen molar-refractivity contribution in [2.45, 2.75) is 0 Å². The molecule has 0 saturated heterocycles. The van der Waals surface area contributed by atoms with Crippen LogP contribution in [0.2, 0.25) is 0 Å². The summed E-state index contributed by atoms with van der Waals surface area (Å²) in [5.74, 6) is 2.34. The summed E-state index contributed by atoms with van der Waals surface area (Å²) in [5, 5.41) is 8.04. The van der Waals surface area contributed by atoms with E-state index in [2.05, 4.69) is 20.2 Å². The maximum Gasteiger partial charge on any atom is 0.138 e. The fourth-order valence-corrected chi connectivity index (χ4v) is 3.08. The minimum atomic E-state index is 0.755. The number of nitrogens with one attached hydrogen (secondary N) is 1. The lowest BCUT2D eigenvalue weighted by Crippen LogP contribution is -1.88. The van der Waals surface area contributed by atoms with Crippen LogP contribution in [0.3, 0.4) is 0 Å². The van der Waals surface area contributed by atoms with Crippen molar-refractivity contribution in [3.05, 3.63) is 91.1 Å². The Morgan fingerprint density at radius 1 is 0.714 bits per heavy atom. The number of para-hydroxylation sites is 2. The number of fused-ring (bicyclic) bond motifs is 1. The van der Waals surface area contributed by atoms with Crippen molar-refractivity contribution in [3.8, 4) is 34.1 Å². The first-order valence-electron chi connectivity index (χ1n) is 8.96. The Labute approximate surface area is 161 Å². The molecular weight excluding hydrogens is 348 g/mol. The molecule has 0 aliphatic rings. The molecule has 0 aliphatic carbocycles. The number of aromatic amines is 1. The van der Waals surface area contributed by atoms with Gasteiger partial charge in [0.2, 0.25) is 0 Å². The first kappa shape index (κ1) is 16.2. The summed E-state index contributed by atoms with van der Waals surface area (Å²) in [6.07, 6.45) is 1.66. The predicted molar refractivity (Wildman–Crippen MR) is 109 cm³/mol. The lowest BCUT2D eigenvalue weighted by atomic mass is 10.1. The van der Waals surface area contributed by atoms with E-state index in [1.807, 2.05) is 84.9 Å². The fourth-order valence-electron chi connectivity index (χ4n) is 3.08. The third-order valence-electron chi connectivity index (χ3n) is 4.45. The summed E-state index contributed by atoms with van der Waals surface area (Å²) in [4.78, 5) is 8.00. The molecule has 28 heavy (non-hydrogen) atoms. The molecule has 0 atom stereocenters. The van der Waals surface area contributed by atoms with Crippen LogP contribution in [0.5, 0.6) is 11.5 Å². The van der Waals surface area contributed by atoms with Gasteiger partial charge >= 0.3 is 0 Å². The van der Waals surface area contributed by atoms with Crippen LogP contribution in [-0.2, 0) is 0 Å². The average molecular weight is 364 g/mol. The van der Waals surface area contributed by atoms with Crippen LogP contribution in [0.15, 0.2) is 91.1 Å². The molecular formula is C23H16N4O. The Bertz CT molecular complexity index is 1200. The Kier molecular flexibility index (Phi) is 4.03. The monoisotopic (exact) mass is 364 g/mol. The van der Waals surface area contributed by atoms with E-state index in [0.717, 1.165) is 45.2 Å². The number of H-pyrrole nitrogens is 1.